The van der Waals surface area contributed by atoms with Gasteiger partial charge < -0.3 is 9.84 Å². The highest BCUT2D eigenvalue weighted by Gasteiger charge is 2.11. The van der Waals surface area contributed by atoms with Crippen LogP contribution in [0.4, 0.5) is 0 Å². The second-order valence-corrected chi connectivity index (χ2v) is 3.52. The molecule has 0 saturated heterocycles. The number of hydrogen-bond acceptors (Lipinski definition) is 2. The van der Waals surface area contributed by atoms with Gasteiger partial charge in [0.25, 0.3) is 0 Å². The van der Waals surface area contributed by atoms with Crippen molar-refractivity contribution in [2.75, 3.05) is 7.11 Å². The van der Waals surface area contributed by atoms with E-state index in [-0.39, 0.29) is 11.7 Å². The minimum absolute atomic E-state index is 0.230. The molecule has 0 fully saturated rings. The first-order valence-corrected chi connectivity index (χ1v) is 4.63. The van der Waals surface area contributed by atoms with Gasteiger partial charge in [0.1, 0.15) is 0 Å². The normalized spacial score (nSPS) is 10.3. The summed E-state index contributed by atoms with van der Waals surface area (Å²) in [5.74, 6) is 1.00. The topological polar surface area (TPSA) is 29.5 Å². The first kappa shape index (κ1) is 10.6. The van der Waals surface area contributed by atoms with E-state index in [2.05, 4.69) is 6.58 Å². The number of benzene rings is 1. The zero-order valence-corrected chi connectivity index (χ0v) is 8.87. The Kier molecular flexibility index (Phi) is 3.18. The number of phenols is 1. The molecule has 14 heavy (non-hydrogen) atoms. The van der Waals surface area contributed by atoms with Crippen LogP contribution in [0, 0.1) is 0 Å². The molecule has 0 aliphatic rings. The number of aromatic hydroxyl groups is 1. The molecule has 0 aliphatic carbocycles. The summed E-state index contributed by atoms with van der Waals surface area (Å²) in [6.07, 6.45) is 1.74. The molecule has 0 atom stereocenters. The first-order chi connectivity index (χ1) is 6.60. The summed E-state index contributed by atoms with van der Waals surface area (Å²) in [4.78, 5) is 0. The maximum Gasteiger partial charge on any atom is 0.161 e. The van der Waals surface area contributed by atoms with Crippen molar-refractivity contribution in [2.45, 2.75) is 19.8 Å². The fourth-order valence-corrected chi connectivity index (χ4v) is 1.37. The Bertz CT molecular complexity index is 340. The van der Waals surface area contributed by atoms with Gasteiger partial charge in [0.2, 0.25) is 0 Å². The lowest BCUT2D eigenvalue weighted by Crippen LogP contribution is -1.93. The lowest BCUT2D eigenvalue weighted by Gasteiger charge is -2.13. The minimum Gasteiger partial charge on any atom is -0.504 e. The fraction of sp³-hybridized carbons (Fsp3) is 0.333. The molecule has 76 valence electrons. The maximum absolute atomic E-state index is 9.82. The Morgan fingerprint density at radius 3 is 2.50 bits per heavy atom. The van der Waals surface area contributed by atoms with Crippen molar-refractivity contribution < 1.29 is 9.84 Å². The van der Waals surface area contributed by atoms with Gasteiger partial charge in [-0.1, -0.05) is 26.5 Å². The molecule has 1 rings (SSSR count). The Labute approximate surface area is 84.8 Å². The van der Waals surface area contributed by atoms with Crippen molar-refractivity contribution in [1.82, 2.24) is 0 Å². The van der Waals surface area contributed by atoms with Crippen LogP contribution in [0.3, 0.4) is 0 Å². The van der Waals surface area contributed by atoms with E-state index in [1.165, 1.54) is 0 Å². The minimum atomic E-state index is 0.230. The van der Waals surface area contributed by atoms with E-state index < -0.39 is 0 Å². The molecular formula is C12H16O2. The summed E-state index contributed by atoms with van der Waals surface area (Å²) in [6.45, 7) is 7.76. The van der Waals surface area contributed by atoms with Gasteiger partial charge in [-0.15, -0.1) is 0 Å². The molecule has 0 aromatic heterocycles. The highest BCUT2D eigenvalue weighted by atomic mass is 16.5. The average Bonchev–Trinajstić information content (AvgIpc) is 2.17. The highest BCUT2D eigenvalue weighted by Crippen LogP contribution is 2.35. The largest absolute Gasteiger partial charge is 0.504 e. The zero-order chi connectivity index (χ0) is 10.7. The van der Waals surface area contributed by atoms with Gasteiger partial charge in [0.15, 0.2) is 11.5 Å². The molecule has 0 aliphatic heterocycles. The van der Waals surface area contributed by atoms with Crippen LogP contribution in [-0.2, 0) is 0 Å². The zero-order valence-electron chi connectivity index (χ0n) is 8.87. The Morgan fingerprint density at radius 1 is 1.43 bits per heavy atom. The number of hydrogen-bond donors (Lipinski definition) is 1. The Balaban J connectivity index is 3.34. The van der Waals surface area contributed by atoms with Gasteiger partial charge in [0, 0.05) is 5.56 Å². The van der Waals surface area contributed by atoms with Gasteiger partial charge >= 0.3 is 0 Å². The predicted molar refractivity (Wildman–Crippen MR) is 58.8 cm³/mol. The molecule has 0 radical (unpaired) electrons. The van der Waals surface area contributed by atoms with Crippen molar-refractivity contribution in [2.24, 2.45) is 0 Å². The van der Waals surface area contributed by atoms with Crippen LogP contribution in [0.1, 0.15) is 30.9 Å². The number of methoxy groups -OCH3 is 1. The van der Waals surface area contributed by atoms with E-state index in [1.54, 1.807) is 19.3 Å². The van der Waals surface area contributed by atoms with E-state index in [0.29, 0.717) is 5.75 Å². The first-order valence-electron chi connectivity index (χ1n) is 4.63. The monoisotopic (exact) mass is 192 g/mol. The van der Waals surface area contributed by atoms with Crippen LogP contribution in [0.25, 0.3) is 6.08 Å². The Morgan fingerprint density at radius 2 is 2.07 bits per heavy atom. The van der Waals surface area contributed by atoms with E-state index in [0.717, 1.165) is 11.1 Å². The summed E-state index contributed by atoms with van der Waals surface area (Å²) >= 11 is 0. The summed E-state index contributed by atoms with van der Waals surface area (Å²) in [5.41, 5.74) is 1.85. The average molecular weight is 192 g/mol. The molecule has 1 aromatic rings. The summed E-state index contributed by atoms with van der Waals surface area (Å²) < 4.78 is 5.08. The quantitative estimate of drug-likeness (QED) is 0.797. The number of rotatable bonds is 3. The smallest absolute Gasteiger partial charge is 0.161 e. The molecule has 0 bridgehead atoms. The number of ether oxygens (including phenoxy) is 1. The fourth-order valence-electron chi connectivity index (χ4n) is 1.37. The third-order valence-corrected chi connectivity index (χ3v) is 2.20. The molecule has 0 unspecified atom stereocenters. The highest BCUT2D eigenvalue weighted by molar-refractivity contribution is 5.58. The van der Waals surface area contributed by atoms with Crippen LogP contribution in [-0.4, -0.2) is 12.2 Å². The second kappa shape index (κ2) is 4.18. The van der Waals surface area contributed by atoms with Crippen molar-refractivity contribution in [1.29, 1.82) is 0 Å². The third-order valence-electron chi connectivity index (χ3n) is 2.20. The lowest BCUT2D eigenvalue weighted by molar-refractivity contribution is 0.369. The summed E-state index contributed by atoms with van der Waals surface area (Å²) in [6, 6.07) is 3.70. The SMILES string of the molecule is C=Cc1cc(OC)c(O)c(C(C)C)c1. The molecule has 1 aromatic carbocycles. The summed E-state index contributed by atoms with van der Waals surface area (Å²) in [5, 5.41) is 9.82. The molecule has 1 N–H and O–H groups in total. The molecule has 2 nitrogen and oxygen atoms in total. The van der Waals surface area contributed by atoms with Gasteiger partial charge in [-0.2, -0.15) is 0 Å². The van der Waals surface area contributed by atoms with E-state index in [4.69, 9.17) is 4.74 Å². The second-order valence-electron chi connectivity index (χ2n) is 3.52. The van der Waals surface area contributed by atoms with Crippen molar-refractivity contribution >= 4 is 6.08 Å². The van der Waals surface area contributed by atoms with Gasteiger partial charge in [-0.3, -0.25) is 0 Å². The number of phenolic OH excluding ortho intramolecular Hbond substituents is 1. The Hall–Kier alpha value is -1.44. The lowest BCUT2D eigenvalue weighted by atomic mass is 9.99. The van der Waals surface area contributed by atoms with Crippen LogP contribution in [0.15, 0.2) is 18.7 Å². The molecule has 0 saturated carbocycles. The van der Waals surface area contributed by atoms with Crippen LogP contribution < -0.4 is 4.74 Å². The van der Waals surface area contributed by atoms with E-state index >= 15 is 0 Å². The molecular weight excluding hydrogens is 176 g/mol. The molecule has 0 heterocycles. The van der Waals surface area contributed by atoms with Crippen LogP contribution in [0.2, 0.25) is 0 Å². The third kappa shape index (κ3) is 1.90. The van der Waals surface area contributed by atoms with Crippen LogP contribution in [0.5, 0.6) is 11.5 Å². The standard InChI is InChI=1S/C12H16O2/c1-5-9-6-10(8(2)3)12(13)11(7-9)14-4/h5-8,13H,1H2,2-4H3. The van der Waals surface area contributed by atoms with Crippen molar-refractivity contribution in [3.63, 3.8) is 0 Å². The molecule has 0 amide bonds. The van der Waals surface area contributed by atoms with Crippen molar-refractivity contribution in [3.8, 4) is 11.5 Å². The summed E-state index contributed by atoms with van der Waals surface area (Å²) in [7, 11) is 1.55. The van der Waals surface area contributed by atoms with Gasteiger partial charge in [-0.25, -0.2) is 0 Å². The van der Waals surface area contributed by atoms with E-state index in [9.17, 15) is 5.11 Å². The van der Waals surface area contributed by atoms with Crippen molar-refractivity contribution in [3.05, 3.63) is 29.8 Å². The molecule has 2 heteroatoms. The van der Waals surface area contributed by atoms with Crippen LogP contribution >= 0.6 is 0 Å². The van der Waals surface area contributed by atoms with Gasteiger partial charge in [0.05, 0.1) is 7.11 Å². The molecule has 0 spiro atoms. The van der Waals surface area contributed by atoms with Gasteiger partial charge in [-0.05, 0) is 23.6 Å². The predicted octanol–water partition coefficient (Wildman–Crippen LogP) is 3.17. The van der Waals surface area contributed by atoms with E-state index in [1.807, 2.05) is 19.9 Å². The maximum atomic E-state index is 9.82.